The van der Waals surface area contributed by atoms with Crippen LogP contribution in [0.3, 0.4) is 0 Å². The molecule has 17 heavy (non-hydrogen) atoms. The fraction of sp³-hybridized carbons (Fsp3) is 0.273. The van der Waals surface area contributed by atoms with Crippen molar-refractivity contribution >= 4 is 17.6 Å². The molecule has 0 radical (unpaired) electrons. The first-order chi connectivity index (χ1) is 8.26. The molecule has 0 aliphatic carbocycles. The van der Waals surface area contributed by atoms with Gasteiger partial charge < -0.3 is 9.84 Å². The Morgan fingerprint density at radius 3 is 2.88 bits per heavy atom. The molecule has 0 amide bonds. The fourth-order valence-corrected chi connectivity index (χ4v) is 2.50. The lowest BCUT2D eigenvalue weighted by atomic mass is 10.2. The smallest absolute Gasteiger partial charge is 0.147 e. The third kappa shape index (κ3) is 2.42. The lowest BCUT2D eigenvalue weighted by Gasteiger charge is -2.09. The summed E-state index contributed by atoms with van der Waals surface area (Å²) >= 11 is 1.56. The summed E-state index contributed by atoms with van der Waals surface area (Å²) in [6.07, 6.45) is 4.00. The highest BCUT2D eigenvalue weighted by molar-refractivity contribution is 7.99. The Labute approximate surface area is 104 Å². The first kappa shape index (κ1) is 11.9. The van der Waals surface area contributed by atoms with E-state index in [1.165, 1.54) is 6.33 Å². The quantitative estimate of drug-likeness (QED) is 0.493. The Bertz CT molecular complexity index is 512. The predicted molar refractivity (Wildman–Crippen MR) is 66.8 cm³/mol. The standard InChI is InChI=1S/C11H14N4OS/c1-3-8-10(15-12)13-6-14-11(8)17-9-4-5-16-7(9)2/h4-6H,3,12H2,1-2H3,(H,13,14,15). The maximum Gasteiger partial charge on any atom is 0.147 e. The van der Waals surface area contributed by atoms with Gasteiger partial charge >= 0.3 is 0 Å². The van der Waals surface area contributed by atoms with Crippen LogP contribution >= 0.6 is 11.8 Å². The summed E-state index contributed by atoms with van der Waals surface area (Å²) in [6.45, 7) is 3.98. The number of anilines is 1. The number of hydrazine groups is 1. The van der Waals surface area contributed by atoms with Gasteiger partial charge in [-0.15, -0.1) is 0 Å². The highest BCUT2D eigenvalue weighted by Gasteiger charge is 2.12. The average molecular weight is 250 g/mol. The molecular formula is C11H14N4OS. The second-order valence-electron chi connectivity index (χ2n) is 3.45. The molecule has 0 spiro atoms. The van der Waals surface area contributed by atoms with Crippen molar-refractivity contribution in [2.24, 2.45) is 5.84 Å². The predicted octanol–water partition coefficient (Wildman–Crippen LogP) is 2.38. The van der Waals surface area contributed by atoms with Crippen molar-refractivity contribution in [3.8, 4) is 0 Å². The van der Waals surface area contributed by atoms with Gasteiger partial charge in [0.25, 0.3) is 0 Å². The molecule has 5 nitrogen and oxygen atoms in total. The monoisotopic (exact) mass is 250 g/mol. The molecule has 90 valence electrons. The van der Waals surface area contributed by atoms with Gasteiger partial charge in [0.05, 0.1) is 11.2 Å². The van der Waals surface area contributed by atoms with Crippen LogP contribution in [0.2, 0.25) is 0 Å². The first-order valence-electron chi connectivity index (χ1n) is 5.28. The number of rotatable bonds is 4. The van der Waals surface area contributed by atoms with Gasteiger partial charge in [-0.3, -0.25) is 0 Å². The van der Waals surface area contributed by atoms with E-state index in [1.807, 2.05) is 19.9 Å². The Morgan fingerprint density at radius 2 is 2.29 bits per heavy atom. The van der Waals surface area contributed by atoms with E-state index in [1.54, 1.807) is 18.0 Å². The number of hydrogen-bond donors (Lipinski definition) is 2. The van der Waals surface area contributed by atoms with E-state index in [2.05, 4.69) is 15.4 Å². The Morgan fingerprint density at radius 1 is 1.47 bits per heavy atom. The van der Waals surface area contributed by atoms with Gasteiger partial charge in [0.1, 0.15) is 22.9 Å². The molecule has 0 aromatic carbocycles. The topological polar surface area (TPSA) is 77.0 Å². The van der Waals surface area contributed by atoms with E-state index < -0.39 is 0 Å². The summed E-state index contributed by atoms with van der Waals surface area (Å²) in [7, 11) is 0. The van der Waals surface area contributed by atoms with Crippen molar-refractivity contribution in [3.63, 3.8) is 0 Å². The third-order valence-corrected chi connectivity index (χ3v) is 3.60. The minimum absolute atomic E-state index is 0.672. The molecule has 0 aliphatic heterocycles. The largest absolute Gasteiger partial charge is 0.468 e. The molecule has 3 N–H and O–H groups in total. The van der Waals surface area contributed by atoms with Crippen molar-refractivity contribution in [1.82, 2.24) is 9.97 Å². The van der Waals surface area contributed by atoms with Crippen molar-refractivity contribution in [3.05, 3.63) is 30.0 Å². The first-order valence-corrected chi connectivity index (χ1v) is 6.10. The normalized spacial score (nSPS) is 10.5. The van der Waals surface area contributed by atoms with Crippen LogP contribution in [0.1, 0.15) is 18.2 Å². The van der Waals surface area contributed by atoms with Crippen molar-refractivity contribution in [2.45, 2.75) is 30.2 Å². The summed E-state index contributed by atoms with van der Waals surface area (Å²) in [4.78, 5) is 9.44. The van der Waals surface area contributed by atoms with Crippen LogP contribution in [0, 0.1) is 6.92 Å². The molecule has 2 rings (SSSR count). The van der Waals surface area contributed by atoms with Gasteiger partial charge in [-0.25, -0.2) is 15.8 Å². The molecular weight excluding hydrogens is 236 g/mol. The third-order valence-electron chi connectivity index (χ3n) is 2.41. The lowest BCUT2D eigenvalue weighted by molar-refractivity contribution is 0.527. The van der Waals surface area contributed by atoms with Gasteiger partial charge in [0.2, 0.25) is 0 Å². The fourth-order valence-electron chi connectivity index (χ4n) is 1.51. The number of nitrogen functional groups attached to an aromatic ring is 1. The Hall–Kier alpha value is -1.53. The molecule has 2 aromatic heterocycles. The molecule has 2 heterocycles. The number of aromatic nitrogens is 2. The Balaban J connectivity index is 2.36. The molecule has 0 fully saturated rings. The molecule has 6 heteroatoms. The molecule has 2 aromatic rings. The summed E-state index contributed by atoms with van der Waals surface area (Å²) < 4.78 is 5.26. The number of furan rings is 1. The van der Waals surface area contributed by atoms with Crippen LogP contribution in [0.25, 0.3) is 0 Å². The molecule has 0 atom stereocenters. The number of hydrogen-bond acceptors (Lipinski definition) is 6. The van der Waals surface area contributed by atoms with Crippen LogP contribution in [-0.4, -0.2) is 9.97 Å². The van der Waals surface area contributed by atoms with Crippen molar-refractivity contribution < 1.29 is 4.42 Å². The number of aryl methyl sites for hydroxylation is 1. The molecule has 0 saturated heterocycles. The minimum Gasteiger partial charge on any atom is -0.468 e. The van der Waals surface area contributed by atoms with Crippen LogP contribution in [0.5, 0.6) is 0 Å². The average Bonchev–Trinajstić information content (AvgIpc) is 2.74. The summed E-state index contributed by atoms with van der Waals surface area (Å²) in [6, 6.07) is 1.93. The van der Waals surface area contributed by atoms with E-state index in [-0.39, 0.29) is 0 Å². The van der Waals surface area contributed by atoms with Crippen LogP contribution in [-0.2, 0) is 6.42 Å². The minimum atomic E-state index is 0.672. The van der Waals surface area contributed by atoms with Crippen molar-refractivity contribution in [2.75, 3.05) is 5.43 Å². The zero-order chi connectivity index (χ0) is 12.3. The van der Waals surface area contributed by atoms with Crippen LogP contribution in [0.4, 0.5) is 5.82 Å². The van der Waals surface area contributed by atoms with Crippen LogP contribution in [0.15, 0.2) is 33.0 Å². The van der Waals surface area contributed by atoms with Gasteiger partial charge in [-0.05, 0) is 19.4 Å². The van der Waals surface area contributed by atoms with Crippen LogP contribution < -0.4 is 11.3 Å². The zero-order valence-corrected chi connectivity index (χ0v) is 10.5. The highest BCUT2D eigenvalue weighted by Crippen LogP contribution is 2.33. The van der Waals surface area contributed by atoms with E-state index >= 15 is 0 Å². The SMILES string of the molecule is CCc1c(NN)ncnc1Sc1ccoc1C. The van der Waals surface area contributed by atoms with E-state index in [9.17, 15) is 0 Å². The molecule has 0 saturated carbocycles. The second-order valence-corrected chi connectivity index (χ2v) is 4.48. The molecule has 0 aliphatic rings. The van der Waals surface area contributed by atoms with Gasteiger partial charge in [-0.2, -0.15) is 0 Å². The Kier molecular flexibility index (Phi) is 3.65. The van der Waals surface area contributed by atoms with Gasteiger partial charge in [0, 0.05) is 5.56 Å². The number of nitrogens with two attached hydrogens (primary N) is 1. The van der Waals surface area contributed by atoms with E-state index in [4.69, 9.17) is 10.3 Å². The lowest BCUT2D eigenvalue weighted by Crippen LogP contribution is -2.12. The highest BCUT2D eigenvalue weighted by atomic mass is 32.2. The second kappa shape index (κ2) is 5.20. The van der Waals surface area contributed by atoms with E-state index in [0.717, 1.165) is 27.7 Å². The zero-order valence-electron chi connectivity index (χ0n) is 9.73. The maximum atomic E-state index is 5.43. The van der Waals surface area contributed by atoms with Crippen molar-refractivity contribution in [1.29, 1.82) is 0 Å². The van der Waals surface area contributed by atoms with Gasteiger partial charge in [0.15, 0.2) is 0 Å². The maximum absolute atomic E-state index is 5.43. The molecule has 0 bridgehead atoms. The summed E-state index contributed by atoms with van der Waals surface area (Å²) in [5.74, 6) is 6.99. The number of nitrogens with zero attached hydrogens (tertiary/aromatic N) is 2. The summed E-state index contributed by atoms with van der Waals surface area (Å²) in [5, 5.41) is 0.903. The summed E-state index contributed by atoms with van der Waals surface area (Å²) in [5.41, 5.74) is 3.61. The van der Waals surface area contributed by atoms with Gasteiger partial charge in [-0.1, -0.05) is 18.7 Å². The molecule has 0 unspecified atom stereocenters. The number of nitrogens with one attached hydrogen (secondary N) is 1. The van der Waals surface area contributed by atoms with E-state index in [0.29, 0.717) is 5.82 Å².